The van der Waals surface area contributed by atoms with Crippen molar-refractivity contribution in [2.24, 2.45) is 0 Å². The Balaban J connectivity index is 1.85. The predicted molar refractivity (Wildman–Crippen MR) is 113 cm³/mol. The van der Waals surface area contributed by atoms with Gasteiger partial charge in [0.2, 0.25) is 0 Å². The summed E-state index contributed by atoms with van der Waals surface area (Å²) >= 11 is 0. The van der Waals surface area contributed by atoms with Gasteiger partial charge in [-0.05, 0) is 57.2 Å². The van der Waals surface area contributed by atoms with Crippen LogP contribution in [-0.4, -0.2) is 29.1 Å². The Labute approximate surface area is 179 Å². The maximum absolute atomic E-state index is 14.3. The van der Waals surface area contributed by atoms with E-state index in [1.165, 1.54) is 41.0 Å². The van der Waals surface area contributed by atoms with Crippen molar-refractivity contribution < 1.29 is 23.1 Å². The first-order valence-corrected chi connectivity index (χ1v) is 10.3. The van der Waals surface area contributed by atoms with Crippen LogP contribution in [0.2, 0.25) is 0 Å². The summed E-state index contributed by atoms with van der Waals surface area (Å²) in [5, 5.41) is 3.35. The third-order valence-corrected chi connectivity index (χ3v) is 5.73. The predicted octanol–water partition coefficient (Wildman–Crippen LogP) is 4.69. The number of carbonyl (C=O) groups excluding carboxylic acids is 2. The van der Waals surface area contributed by atoms with E-state index < -0.39 is 29.3 Å². The number of allylic oxidation sites excluding steroid dienone is 3. The SMILES string of the molecule is CCOC(=O)n1c2c(c3c1CC(C(=O)c1ccc(F)cc1)NC3(C)C)C=C(F)C=CC2. The van der Waals surface area contributed by atoms with Gasteiger partial charge in [0.05, 0.1) is 12.6 Å². The lowest BCUT2D eigenvalue weighted by atomic mass is 9.82. The highest BCUT2D eigenvalue weighted by Crippen LogP contribution is 2.40. The molecule has 31 heavy (non-hydrogen) atoms. The van der Waals surface area contributed by atoms with Gasteiger partial charge in [-0.15, -0.1) is 0 Å². The van der Waals surface area contributed by atoms with E-state index in [0.29, 0.717) is 28.9 Å². The van der Waals surface area contributed by atoms with E-state index in [1.54, 1.807) is 13.0 Å². The van der Waals surface area contributed by atoms with E-state index in [9.17, 15) is 18.4 Å². The maximum Gasteiger partial charge on any atom is 0.418 e. The van der Waals surface area contributed by atoms with Crippen molar-refractivity contribution in [2.45, 2.75) is 45.2 Å². The van der Waals surface area contributed by atoms with E-state index in [2.05, 4.69) is 5.32 Å². The van der Waals surface area contributed by atoms with Gasteiger partial charge in [0, 0.05) is 46.5 Å². The van der Waals surface area contributed by atoms with E-state index >= 15 is 0 Å². The van der Waals surface area contributed by atoms with E-state index in [-0.39, 0.29) is 18.8 Å². The zero-order valence-corrected chi connectivity index (χ0v) is 17.7. The molecule has 1 unspecified atom stereocenters. The number of Topliss-reactive ketones (excluding diaryl/α,β-unsaturated/α-hetero) is 1. The average molecular weight is 426 g/mol. The lowest BCUT2D eigenvalue weighted by Crippen LogP contribution is -2.53. The zero-order chi connectivity index (χ0) is 22.3. The molecule has 0 saturated carbocycles. The maximum atomic E-state index is 14.3. The highest BCUT2D eigenvalue weighted by molar-refractivity contribution is 6.00. The van der Waals surface area contributed by atoms with Crippen molar-refractivity contribution in [3.63, 3.8) is 0 Å². The fourth-order valence-corrected chi connectivity index (χ4v) is 4.55. The van der Waals surface area contributed by atoms with Gasteiger partial charge in [0.15, 0.2) is 5.78 Å². The Hall–Kier alpha value is -3.06. The molecule has 2 aromatic rings. The molecular formula is C24H24F2N2O3. The summed E-state index contributed by atoms with van der Waals surface area (Å²) in [5.41, 5.74) is 2.33. The molecule has 0 spiro atoms. The molecule has 0 radical (unpaired) electrons. The molecule has 162 valence electrons. The molecule has 1 aliphatic carbocycles. The number of nitrogens with zero attached hydrogens (tertiary/aromatic N) is 1. The number of hydrogen-bond acceptors (Lipinski definition) is 4. The first kappa shape index (κ1) is 21.2. The van der Waals surface area contributed by atoms with E-state index in [4.69, 9.17) is 4.74 Å². The molecule has 2 aliphatic rings. The van der Waals surface area contributed by atoms with Crippen LogP contribution in [-0.2, 0) is 23.1 Å². The second-order valence-corrected chi connectivity index (χ2v) is 8.25. The number of hydrogen-bond donors (Lipinski definition) is 1. The number of rotatable bonds is 3. The number of benzene rings is 1. The number of ether oxygens (including phenoxy) is 1. The normalized spacial score (nSPS) is 19.1. The molecule has 5 nitrogen and oxygen atoms in total. The molecule has 1 aromatic carbocycles. The van der Waals surface area contributed by atoms with Crippen molar-refractivity contribution in [2.75, 3.05) is 6.61 Å². The minimum absolute atomic E-state index is 0.195. The molecule has 1 N–H and O–H groups in total. The summed E-state index contributed by atoms with van der Waals surface area (Å²) in [5.74, 6) is -1.02. The van der Waals surface area contributed by atoms with Gasteiger partial charge >= 0.3 is 6.09 Å². The topological polar surface area (TPSA) is 60.3 Å². The fourth-order valence-electron chi connectivity index (χ4n) is 4.55. The Morgan fingerprint density at radius 1 is 1.19 bits per heavy atom. The summed E-state index contributed by atoms with van der Waals surface area (Å²) < 4.78 is 34.4. The van der Waals surface area contributed by atoms with Crippen LogP contribution in [0.25, 0.3) is 6.08 Å². The third kappa shape index (κ3) is 3.74. The Kier molecular flexibility index (Phi) is 5.39. The quantitative estimate of drug-likeness (QED) is 0.724. The molecule has 0 saturated heterocycles. The number of fused-ring (bicyclic) bond motifs is 3. The van der Waals surface area contributed by atoms with Gasteiger partial charge in [-0.2, -0.15) is 0 Å². The fraction of sp³-hybridized carbons (Fsp3) is 0.333. The van der Waals surface area contributed by atoms with Gasteiger partial charge in [-0.25, -0.2) is 13.6 Å². The number of halogens is 2. The largest absolute Gasteiger partial charge is 0.449 e. The Morgan fingerprint density at radius 3 is 2.58 bits per heavy atom. The average Bonchev–Trinajstić information content (AvgIpc) is 2.89. The summed E-state index contributed by atoms with van der Waals surface area (Å²) in [6.07, 6.45) is 4.51. The monoisotopic (exact) mass is 426 g/mol. The molecule has 1 aliphatic heterocycles. The Morgan fingerprint density at radius 2 is 1.90 bits per heavy atom. The Bertz CT molecular complexity index is 1110. The van der Waals surface area contributed by atoms with Crippen LogP contribution in [0.1, 0.15) is 53.6 Å². The lowest BCUT2D eigenvalue weighted by Gasteiger charge is -2.38. The van der Waals surface area contributed by atoms with Crippen molar-refractivity contribution in [3.8, 4) is 0 Å². The van der Waals surface area contributed by atoms with Gasteiger partial charge < -0.3 is 4.74 Å². The molecule has 0 amide bonds. The van der Waals surface area contributed by atoms with E-state index in [0.717, 1.165) is 5.56 Å². The number of aromatic nitrogens is 1. The number of nitrogens with one attached hydrogen (secondary N) is 1. The second kappa shape index (κ2) is 7.89. The first-order valence-electron chi connectivity index (χ1n) is 10.3. The van der Waals surface area contributed by atoms with Crippen LogP contribution in [0.5, 0.6) is 0 Å². The molecule has 4 rings (SSSR count). The number of carbonyl (C=O) groups is 2. The van der Waals surface area contributed by atoms with Crippen molar-refractivity contribution in [3.05, 3.63) is 76.1 Å². The summed E-state index contributed by atoms with van der Waals surface area (Å²) in [6, 6.07) is 4.75. The molecule has 1 aromatic heterocycles. The van der Waals surface area contributed by atoms with Gasteiger partial charge in [-0.1, -0.05) is 6.08 Å². The van der Waals surface area contributed by atoms with Crippen LogP contribution < -0.4 is 5.32 Å². The summed E-state index contributed by atoms with van der Waals surface area (Å²) in [6.45, 7) is 5.71. The first-order chi connectivity index (χ1) is 14.7. The van der Waals surface area contributed by atoms with Crippen molar-refractivity contribution in [1.82, 2.24) is 9.88 Å². The third-order valence-electron chi connectivity index (χ3n) is 5.73. The molecule has 0 fully saturated rings. The molecule has 1 atom stereocenters. The second-order valence-electron chi connectivity index (χ2n) is 8.25. The molecular weight excluding hydrogens is 402 g/mol. The lowest BCUT2D eigenvalue weighted by molar-refractivity contribution is 0.0910. The van der Waals surface area contributed by atoms with Crippen LogP contribution >= 0.6 is 0 Å². The number of ketones is 1. The molecule has 7 heteroatoms. The minimum atomic E-state index is -0.725. The van der Waals surface area contributed by atoms with Gasteiger partial charge in [0.1, 0.15) is 11.6 Å². The van der Waals surface area contributed by atoms with Crippen LogP contribution in [0.4, 0.5) is 13.6 Å². The van der Waals surface area contributed by atoms with Crippen LogP contribution in [0.15, 0.2) is 42.2 Å². The van der Waals surface area contributed by atoms with Crippen molar-refractivity contribution in [1.29, 1.82) is 0 Å². The van der Waals surface area contributed by atoms with Crippen LogP contribution in [0, 0.1) is 5.82 Å². The van der Waals surface area contributed by atoms with Crippen LogP contribution in [0.3, 0.4) is 0 Å². The van der Waals surface area contributed by atoms with Crippen molar-refractivity contribution >= 4 is 18.0 Å². The zero-order valence-electron chi connectivity index (χ0n) is 17.7. The minimum Gasteiger partial charge on any atom is -0.449 e. The standard InChI is InChI=1S/C24H24F2N2O3/c1-4-31-23(30)28-19-7-5-6-16(26)12-17(19)21-20(28)13-18(27-24(21,2)3)22(29)14-8-10-15(25)11-9-14/h5-6,8-12,18,27H,4,7,13H2,1-3H3. The molecule has 0 bridgehead atoms. The van der Waals surface area contributed by atoms with Gasteiger partial charge in [-0.3, -0.25) is 14.7 Å². The summed E-state index contributed by atoms with van der Waals surface area (Å²) in [4.78, 5) is 26.1. The highest BCUT2D eigenvalue weighted by atomic mass is 19.1. The highest BCUT2D eigenvalue weighted by Gasteiger charge is 2.42. The van der Waals surface area contributed by atoms with E-state index in [1.807, 2.05) is 13.8 Å². The summed E-state index contributed by atoms with van der Waals surface area (Å²) in [7, 11) is 0. The smallest absolute Gasteiger partial charge is 0.418 e. The molecule has 2 heterocycles. The van der Waals surface area contributed by atoms with Gasteiger partial charge in [0.25, 0.3) is 0 Å².